The van der Waals surface area contributed by atoms with Crippen LogP contribution in [0.15, 0.2) is 24.3 Å². The van der Waals surface area contributed by atoms with Gasteiger partial charge in [-0.15, -0.1) is 11.3 Å². The van der Waals surface area contributed by atoms with E-state index in [1.807, 2.05) is 31.2 Å². The lowest BCUT2D eigenvalue weighted by molar-refractivity contribution is 0.542. The molecule has 0 saturated heterocycles. The molecule has 0 fully saturated rings. The minimum Gasteiger partial charge on any atom is -0.206 e. The fourth-order valence-corrected chi connectivity index (χ4v) is 2.78. The topological polar surface area (TPSA) is 25.8 Å². The normalized spacial score (nSPS) is 11.3. The molecule has 0 bridgehead atoms. The van der Waals surface area contributed by atoms with Crippen molar-refractivity contribution in [2.45, 2.75) is 6.92 Å². The Labute approximate surface area is 89.4 Å². The molecule has 0 spiro atoms. The van der Waals surface area contributed by atoms with Crippen molar-refractivity contribution in [2.75, 3.05) is 0 Å². The summed E-state index contributed by atoms with van der Waals surface area (Å²) in [4.78, 5) is 7.59. The smallest absolute Gasteiger partial charge is 0.206 e. The molecule has 0 aliphatic carbocycles. The standard InChI is InChI=1S/C11H7FN2S/c1-6-10-9(14-11(12)13-6)7-4-2-3-5-8(7)15-10/h2-5H,1H3. The molecule has 74 valence electrons. The summed E-state index contributed by atoms with van der Waals surface area (Å²) >= 11 is 1.61. The Morgan fingerprint density at radius 2 is 2.00 bits per heavy atom. The van der Waals surface area contributed by atoms with E-state index in [9.17, 15) is 4.39 Å². The average molecular weight is 218 g/mol. The van der Waals surface area contributed by atoms with Crippen molar-refractivity contribution in [3.8, 4) is 0 Å². The van der Waals surface area contributed by atoms with Crippen LogP contribution in [0.2, 0.25) is 0 Å². The van der Waals surface area contributed by atoms with Crippen LogP contribution in [0.4, 0.5) is 4.39 Å². The first-order valence-electron chi connectivity index (χ1n) is 4.57. The first-order valence-corrected chi connectivity index (χ1v) is 5.39. The van der Waals surface area contributed by atoms with Gasteiger partial charge in [0.15, 0.2) is 0 Å². The summed E-state index contributed by atoms with van der Waals surface area (Å²) in [6, 6.07) is 7.87. The Hall–Kier alpha value is -1.55. The second-order valence-corrected chi connectivity index (χ2v) is 4.41. The number of benzene rings is 1. The predicted octanol–water partition coefficient (Wildman–Crippen LogP) is 3.29. The van der Waals surface area contributed by atoms with Crippen molar-refractivity contribution in [1.29, 1.82) is 0 Å². The monoisotopic (exact) mass is 218 g/mol. The van der Waals surface area contributed by atoms with Gasteiger partial charge in [-0.25, -0.2) is 9.97 Å². The van der Waals surface area contributed by atoms with Gasteiger partial charge in [0.2, 0.25) is 0 Å². The van der Waals surface area contributed by atoms with Gasteiger partial charge >= 0.3 is 6.08 Å². The van der Waals surface area contributed by atoms with Crippen LogP contribution in [0, 0.1) is 13.0 Å². The molecule has 0 aliphatic heterocycles. The van der Waals surface area contributed by atoms with Crippen molar-refractivity contribution in [3.63, 3.8) is 0 Å². The molecule has 0 aliphatic rings. The third-order valence-corrected chi connectivity index (χ3v) is 3.63. The molecular formula is C11H7FN2S. The SMILES string of the molecule is Cc1nc(F)nc2c1sc1ccccc12. The van der Waals surface area contributed by atoms with Gasteiger partial charge < -0.3 is 0 Å². The Balaban J connectivity index is 2.61. The minimum atomic E-state index is -0.649. The maximum absolute atomic E-state index is 13.1. The van der Waals surface area contributed by atoms with E-state index in [0.29, 0.717) is 5.69 Å². The molecule has 1 aromatic carbocycles. The number of fused-ring (bicyclic) bond motifs is 3. The van der Waals surface area contributed by atoms with Crippen molar-refractivity contribution < 1.29 is 4.39 Å². The number of hydrogen-bond acceptors (Lipinski definition) is 3. The highest BCUT2D eigenvalue weighted by Crippen LogP contribution is 2.33. The lowest BCUT2D eigenvalue weighted by Gasteiger charge is -1.94. The zero-order valence-electron chi connectivity index (χ0n) is 7.99. The third-order valence-electron chi connectivity index (χ3n) is 2.36. The molecule has 3 rings (SSSR count). The second-order valence-electron chi connectivity index (χ2n) is 3.35. The zero-order chi connectivity index (χ0) is 10.4. The molecule has 0 unspecified atom stereocenters. The largest absolute Gasteiger partial charge is 0.309 e. The van der Waals surface area contributed by atoms with Crippen molar-refractivity contribution in [3.05, 3.63) is 36.0 Å². The molecule has 4 heteroatoms. The van der Waals surface area contributed by atoms with Gasteiger partial charge in [0.25, 0.3) is 0 Å². The van der Waals surface area contributed by atoms with Crippen LogP contribution < -0.4 is 0 Å². The highest BCUT2D eigenvalue weighted by Gasteiger charge is 2.10. The van der Waals surface area contributed by atoms with Crippen LogP contribution in [0.5, 0.6) is 0 Å². The first kappa shape index (κ1) is 8.73. The Bertz CT molecular complexity index is 660. The Morgan fingerprint density at radius 1 is 1.20 bits per heavy atom. The quantitative estimate of drug-likeness (QED) is 0.541. The fraction of sp³-hybridized carbons (Fsp3) is 0.0909. The second kappa shape index (κ2) is 2.97. The van der Waals surface area contributed by atoms with Crippen LogP contribution in [-0.2, 0) is 0 Å². The molecule has 0 saturated carbocycles. The summed E-state index contributed by atoms with van der Waals surface area (Å²) in [6.45, 7) is 1.81. The number of nitrogens with zero attached hydrogens (tertiary/aromatic N) is 2. The molecule has 2 nitrogen and oxygen atoms in total. The average Bonchev–Trinajstić information content (AvgIpc) is 2.57. The number of hydrogen-bond donors (Lipinski definition) is 0. The van der Waals surface area contributed by atoms with E-state index in [1.54, 1.807) is 11.3 Å². The lowest BCUT2D eigenvalue weighted by Crippen LogP contribution is -1.91. The molecule has 0 amide bonds. The predicted molar refractivity (Wildman–Crippen MR) is 59.6 cm³/mol. The van der Waals surface area contributed by atoms with Crippen LogP contribution in [0.3, 0.4) is 0 Å². The number of thiophene rings is 1. The Kier molecular flexibility index (Phi) is 1.73. The van der Waals surface area contributed by atoms with Gasteiger partial charge in [-0.2, -0.15) is 4.39 Å². The van der Waals surface area contributed by atoms with Crippen molar-refractivity contribution in [2.24, 2.45) is 0 Å². The van der Waals surface area contributed by atoms with Crippen molar-refractivity contribution in [1.82, 2.24) is 9.97 Å². The van der Waals surface area contributed by atoms with Gasteiger partial charge in [-0.05, 0) is 13.0 Å². The molecule has 0 atom stereocenters. The van der Waals surface area contributed by atoms with Gasteiger partial charge in [0.05, 0.1) is 15.9 Å². The fourth-order valence-electron chi connectivity index (χ4n) is 1.69. The first-order chi connectivity index (χ1) is 7.25. The van der Waals surface area contributed by atoms with E-state index >= 15 is 0 Å². The molecule has 0 N–H and O–H groups in total. The van der Waals surface area contributed by atoms with Gasteiger partial charge in [-0.1, -0.05) is 18.2 Å². The molecule has 2 heterocycles. The highest BCUT2D eigenvalue weighted by molar-refractivity contribution is 7.25. The maximum atomic E-state index is 13.1. The van der Waals surface area contributed by atoms with Crippen LogP contribution in [0.25, 0.3) is 20.3 Å². The van der Waals surface area contributed by atoms with Crippen LogP contribution in [0.1, 0.15) is 5.69 Å². The summed E-state index contributed by atoms with van der Waals surface area (Å²) in [5, 5.41) is 1.00. The van der Waals surface area contributed by atoms with Crippen LogP contribution in [-0.4, -0.2) is 9.97 Å². The van der Waals surface area contributed by atoms with E-state index in [1.165, 1.54) is 0 Å². The van der Waals surface area contributed by atoms with Gasteiger partial charge in [-0.3, -0.25) is 0 Å². The summed E-state index contributed by atoms with van der Waals surface area (Å²) in [7, 11) is 0. The molecule has 2 aromatic heterocycles. The van der Waals surface area contributed by atoms with E-state index < -0.39 is 6.08 Å². The summed E-state index contributed by atoms with van der Waals surface area (Å²) in [5.74, 6) is 0. The molecule has 0 radical (unpaired) electrons. The number of halogens is 1. The summed E-state index contributed by atoms with van der Waals surface area (Å²) in [6.07, 6.45) is -0.649. The van der Waals surface area contributed by atoms with E-state index in [2.05, 4.69) is 9.97 Å². The van der Waals surface area contributed by atoms with E-state index in [-0.39, 0.29) is 0 Å². The zero-order valence-corrected chi connectivity index (χ0v) is 8.81. The minimum absolute atomic E-state index is 0.649. The molecule has 3 aromatic rings. The summed E-state index contributed by atoms with van der Waals surface area (Å²) in [5.41, 5.74) is 1.43. The van der Waals surface area contributed by atoms with E-state index in [0.717, 1.165) is 20.3 Å². The number of aryl methyl sites for hydroxylation is 1. The number of rotatable bonds is 0. The van der Waals surface area contributed by atoms with Crippen molar-refractivity contribution >= 4 is 31.6 Å². The van der Waals surface area contributed by atoms with E-state index in [4.69, 9.17) is 0 Å². The van der Waals surface area contributed by atoms with Crippen LogP contribution >= 0.6 is 11.3 Å². The number of aromatic nitrogens is 2. The van der Waals surface area contributed by atoms with Gasteiger partial charge in [0.1, 0.15) is 0 Å². The maximum Gasteiger partial charge on any atom is 0.309 e. The third kappa shape index (κ3) is 1.22. The van der Waals surface area contributed by atoms with Gasteiger partial charge in [0, 0.05) is 10.1 Å². The molecular weight excluding hydrogens is 211 g/mol. The summed E-state index contributed by atoms with van der Waals surface area (Å²) < 4.78 is 15.2. The lowest BCUT2D eigenvalue weighted by atomic mass is 10.2. The highest BCUT2D eigenvalue weighted by atomic mass is 32.1. The Morgan fingerprint density at radius 3 is 2.87 bits per heavy atom. The molecule has 15 heavy (non-hydrogen) atoms.